The Kier molecular flexibility index (Phi) is 2.99. The van der Waals surface area contributed by atoms with Gasteiger partial charge >= 0.3 is 0 Å². The number of nitrogens with two attached hydrogens (primary N) is 1. The lowest BCUT2D eigenvalue weighted by Gasteiger charge is -2.29. The van der Waals surface area contributed by atoms with Crippen molar-refractivity contribution in [3.8, 4) is 0 Å². The highest BCUT2D eigenvalue weighted by Crippen LogP contribution is 2.30. The van der Waals surface area contributed by atoms with Gasteiger partial charge in [-0.1, -0.05) is 18.2 Å². The van der Waals surface area contributed by atoms with Gasteiger partial charge in [0.25, 0.3) is 0 Å². The van der Waals surface area contributed by atoms with E-state index in [1.165, 1.54) is 17.9 Å². The van der Waals surface area contributed by atoms with Crippen LogP contribution in [0, 0.1) is 0 Å². The summed E-state index contributed by atoms with van der Waals surface area (Å²) in [6.07, 6.45) is 1.17. The van der Waals surface area contributed by atoms with Crippen molar-refractivity contribution in [3.63, 3.8) is 0 Å². The topological polar surface area (TPSA) is 38.0 Å². The van der Waals surface area contributed by atoms with Crippen LogP contribution >= 0.6 is 11.8 Å². The number of anilines is 1. The minimum atomic E-state index is 0.131. The third kappa shape index (κ3) is 2.04. The zero-order chi connectivity index (χ0) is 9.86. The Morgan fingerprint density at radius 3 is 2.71 bits per heavy atom. The fourth-order valence-electron chi connectivity index (χ4n) is 1.75. The zero-order valence-electron chi connectivity index (χ0n) is 8.20. The predicted octanol–water partition coefficient (Wildman–Crippen LogP) is 1.93. The van der Waals surface area contributed by atoms with Crippen molar-refractivity contribution in [3.05, 3.63) is 30.3 Å². The monoisotopic (exact) mass is 208 g/mol. The molecule has 3 N–H and O–H groups in total. The summed E-state index contributed by atoms with van der Waals surface area (Å²) in [7, 11) is 0. The Hall–Kier alpha value is -0.670. The van der Waals surface area contributed by atoms with E-state index in [0.717, 1.165) is 12.3 Å². The highest BCUT2D eigenvalue weighted by atomic mass is 32.2. The van der Waals surface area contributed by atoms with Crippen LogP contribution in [0.15, 0.2) is 30.3 Å². The van der Waals surface area contributed by atoms with Crippen molar-refractivity contribution >= 4 is 17.4 Å². The number of para-hydroxylation sites is 1. The van der Waals surface area contributed by atoms with Crippen LogP contribution in [0.4, 0.5) is 5.69 Å². The summed E-state index contributed by atoms with van der Waals surface area (Å²) in [4.78, 5) is 0. The molecule has 2 nitrogen and oxygen atoms in total. The molecule has 1 aromatic rings. The molecular formula is C11H16N2S. The van der Waals surface area contributed by atoms with Crippen molar-refractivity contribution < 1.29 is 0 Å². The first-order chi connectivity index (χ1) is 6.85. The first-order valence-corrected chi connectivity index (χ1v) is 6.11. The van der Waals surface area contributed by atoms with E-state index in [9.17, 15) is 0 Å². The average molecular weight is 208 g/mol. The molecule has 0 saturated carbocycles. The van der Waals surface area contributed by atoms with Crippen LogP contribution in [0.2, 0.25) is 0 Å². The Bertz CT molecular complexity index is 281. The van der Waals surface area contributed by atoms with Crippen molar-refractivity contribution in [2.75, 3.05) is 23.4 Å². The van der Waals surface area contributed by atoms with Gasteiger partial charge in [-0.3, -0.25) is 0 Å². The van der Waals surface area contributed by atoms with Gasteiger partial charge in [0.05, 0.1) is 5.54 Å². The average Bonchev–Trinajstić information content (AvgIpc) is 2.69. The second-order valence-electron chi connectivity index (χ2n) is 3.78. The molecule has 1 heterocycles. The van der Waals surface area contributed by atoms with Gasteiger partial charge in [-0.2, -0.15) is 11.8 Å². The summed E-state index contributed by atoms with van der Waals surface area (Å²) in [5.41, 5.74) is 7.15. The normalized spacial score (nSPS) is 26.4. The molecule has 1 aliphatic heterocycles. The first-order valence-electron chi connectivity index (χ1n) is 4.96. The molecular weight excluding hydrogens is 192 g/mol. The number of hydrogen-bond acceptors (Lipinski definition) is 3. The molecule has 1 aromatic carbocycles. The van der Waals surface area contributed by atoms with Crippen LogP contribution in [0.5, 0.6) is 0 Å². The van der Waals surface area contributed by atoms with Gasteiger partial charge in [-0.25, -0.2) is 0 Å². The summed E-state index contributed by atoms with van der Waals surface area (Å²) in [6.45, 7) is 0.717. The molecule has 14 heavy (non-hydrogen) atoms. The van der Waals surface area contributed by atoms with E-state index in [4.69, 9.17) is 5.73 Å². The van der Waals surface area contributed by atoms with Gasteiger partial charge in [0.15, 0.2) is 0 Å². The van der Waals surface area contributed by atoms with Gasteiger partial charge in [0, 0.05) is 18.0 Å². The number of thioether (sulfide) groups is 1. The number of rotatable bonds is 3. The zero-order valence-corrected chi connectivity index (χ0v) is 9.02. The van der Waals surface area contributed by atoms with E-state index < -0.39 is 0 Å². The van der Waals surface area contributed by atoms with Crippen LogP contribution in [-0.2, 0) is 0 Å². The van der Waals surface area contributed by atoms with Crippen molar-refractivity contribution in [2.45, 2.75) is 12.0 Å². The molecule has 0 bridgehead atoms. The molecule has 76 valence electrons. The van der Waals surface area contributed by atoms with Crippen molar-refractivity contribution in [2.24, 2.45) is 5.73 Å². The smallest absolute Gasteiger partial charge is 0.0593 e. The van der Waals surface area contributed by atoms with E-state index in [1.54, 1.807) is 0 Å². The second kappa shape index (κ2) is 4.24. The highest BCUT2D eigenvalue weighted by molar-refractivity contribution is 7.99. The summed E-state index contributed by atoms with van der Waals surface area (Å²) >= 11 is 1.98. The van der Waals surface area contributed by atoms with Crippen LogP contribution in [-0.4, -0.2) is 23.6 Å². The summed E-state index contributed by atoms with van der Waals surface area (Å²) in [5, 5.41) is 3.56. The van der Waals surface area contributed by atoms with Gasteiger partial charge in [0.1, 0.15) is 0 Å². The number of hydrogen-bond donors (Lipinski definition) is 2. The number of nitrogens with one attached hydrogen (secondary N) is 1. The van der Waals surface area contributed by atoms with Crippen LogP contribution < -0.4 is 11.1 Å². The fourth-order valence-corrected chi connectivity index (χ4v) is 3.15. The number of benzene rings is 1. The minimum Gasteiger partial charge on any atom is -0.377 e. The maximum atomic E-state index is 5.84. The quantitative estimate of drug-likeness (QED) is 0.797. The van der Waals surface area contributed by atoms with Gasteiger partial charge in [-0.15, -0.1) is 0 Å². The molecule has 0 aliphatic carbocycles. The Balaban J connectivity index is 2.08. The largest absolute Gasteiger partial charge is 0.377 e. The standard InChI is InChI=1S/C11H16N2S/c12-8-11(6-7-14-9-11)13-10-4-2-1-3-5-10/h1-5,13H,6-9,12H2. The minimum absolute atomic E-state index is 0.131. The van der Waals surface area contributed by atoms with Crippen molar-refractivity contribution in [1.82, 2.24) is 0 Å². The van der Waals surface area contributed by atoms with E-state index in [2.05, 4.69) is 29.6 Å². The third-order valence-corrected chi connectivity index (χ3v) is 3.93. The second-order valence-corrected chi connectivity index (χ2v) is 4.88. The molecule has 1 saturated heterocycles. The van der Waals surface area contributed by atoms with Gasteiger partial charge in [0.2, 0.25) is 0 Å². The lowest BCUT2D eigenvalue weighted by molar-refractivity contribution is 0.537. The molecule has 2 rings (SSSR count). The van der Waals surface area contributed by atoms with Crippen LogP contribution in [0.3, 0.4) is 0 Å². The molecule has 0 radical (unpaired) electrons. The Morgan fingerprint density at radius 2 is 2.14 bits per heavy atom. The first kappa shape index (κ1) is 9.87. The molecule has 0 spiro atoms. The molecule has 1 atom stereocenters. The molecule has 1 aliphatic rings. The Morgan fingerprint density at radius 1 is 1.36 bits per heavy atom. The maximum Gasteiger partial charge on any atom is 0.0593 e. The highest BCUT2D eigenvalue weighted by Gasteiger charge is 2.32. The van der Waals surface area contributed by atoms with Gasteiger partial charge in [-0.05, 0) is 24.3 Å². The van der Waals surface area contributed by atoms with Gasteiger partial charge < -0.3 is 11.1 Å². The SMILES string of the molecule is NCC1(Nc2ccccc2)CCSC1. The predicted molar refractivity (Wildman–Crippen MR) is 63.8 cm³/mol. The molecule has 1 fully saturated rings. The van der Waals surface area contributed by atoms with E-state index in [1.807, 2.05) is 17.8 Å². The molecule has 0 aromatic heterocycles. The van der Waals surface area contributed by atoms with E-state index >= 15 is 0 Å². The fraction of sp³-hybridized carbons (Fsp3) is 0.455. The third-order valence-electron chi connectivity index (χ3n) is 2.68. The van der Waals surface area contributed by atoms with Crippen LogP contribution in [0.1, 0.15) is 6.42 Å². The lowest BCUT2D eigenvalue weighted by Crippen LogP contribution is -2.45. The van der Waals surface area contributed by atoms with E-state index in [-0.39, 0.29) is 5.54 Å². The molecule has 3 heteroatoms. The summed E-state index contributed by atoms with van der Waals surface area (Å²) in [5.74, 6) is 2.34. The molecule has 1 unspecified atom stereocenters. The van der Waals surface area contributed by atoms with E-state index in [0.29, 0.717) is 0 Å². The maximum absolute atomic E-state index is 5.84. The lowest BCUT2D eigenvalue weighted by atomic mass is 9.99. The van der Waals surface area contributed by atoms with Crippen LogP contribution in [0.25, 0.3) is 0 Å². The molecule has 0 amide bonds. The summed E-state index contributed by atoms with van der Waals surface area (Å²) < 4.78 is 0. The van der Waals surface area contributed by atoms with Crippen molar-refractivity contribution in [1.29, 1.82) is 0 Å². The summed E-state index contributed by atoms with van der Waals surface area (Å²) in [6, 6.07) is 10.3. The Labute approximate surface area is 89.3 Å².